The SMILES string of the molecule is C[C@@H]1CC2=C(Cc3ccccc32)[C@@H](c2c(F)cc(CCCCCCCF)cc2F)N1CC1(F)CC1. The number of rotatable bonds is 10. The van der Waals surface area contributed by atoms with Gasteiger partial charge in [-0.15, -0.1) is 0 Å². The Kier molecular flexibility index (Phi) is 7.07. The molecule has 1 heterocycles. The number of benzene rings is 2. The third-order valence-corrected chi connectivity index (χ3v) is 8.11. The van der Waals surface area contributed by atoms with Gasteiger partial charge in [0.2, 0.25) is 0 Å². The fourth-order valence-electron chi connectivity index (χ4n) is 6.03. The van der Waals surface area contributed by atoms with Crippen LogP contribution < -0.4 is 0 Å². The molecule has 5 rings (SSSR count). The zero-order valence-corrected chi connectivity index (χ0v) is 20.6. The Morgan fingerprint density at radius 2 is 1.66 bits per heavy atom. The lowest BCUT2D eigenvalue weighted by Gasteiger charge is -2.43. The van der Waals surface area contributed by atoms with Gasteiger partial charge in [0.25, 0.3) is 0 Å². The summed E-state index contributed by atoms with van der Waals surface area (Å²) in [5.74, 6) is -1.07. The highest BCUT2D eigenvalue weighted by atomic mass is 19.1. The van der Waals surface area contributed by atoms with Gasteiger partial charge in [0, 0.05) is 18.2 Å². The lowest BCUT2D eigenvalue weighted by Crippen LogP contribution is -2.45. The number of unbranched alkanes of at least 4 members (excludes halogenated alkanes) is 4. The first-order valence-corrected chi connectivity index (χ1v) is 13.2. The van der Waals surface area contributed by atoms with Crippen molar-refractivity contribution < 1.29 is 17.6 Å². The van der Waals surface area contributed by atoms with E-state index in [0.717, 1.165) is 37.7 Å². The summed E-state index contributed by atoms with van der Waals surface area (Å²) in [7, 11) is 0. The Labute approximate surface area is 206 Å². The third-order valence-electron chi connectivity index (χ3n) is 8.11. The first-order valence-electron chi connectivity index (χ1n) is 13.2. The van der Waals surface area contributed by atoms with E-state index in [-0.39, 0.29) is 24.8 Å². The molecule has 1 fully saturated rings. The lowest BCUT2D eigenvalue weighted by atomic mass is 9.84. The van der Waals surface area contributed by atoms with Crippen LogP contribution in [0.1, 0.15) is 86.6 Å². The number of nitrogens with zero attached hydrogens (tertiary/aromatic N) is 1. The zero-order valence-electron chi connectivity index (χ0n) is 20.6. The number of halogens is 4. The van der Waals surface area contributed by atoms with E-state index in [1.54, 1.807) is 0 Å². The van der Waals surface area contributed by atoms with Gasteiger partial charge in [-0.25, -0.2) is 13.2 Å². The summed E-state index contributed by atoms with van der Waals surface area (Å²) >= 11 is 0. The predicted octanol–water partition coefficient (Wildman–Crippen LogP) is 8.07. The van der Waals surface area contributed by atoms with Gasteiger partial charge >= 0.3 is 0 Å². The molecular formula is C30H35F4N. The van der Waals surface area contributed by atoms with Crippen molar-refractivity contribution in [2.75, 3.05) is 13.2 Å². The van der Waals surface area contributed by atoms with Crippen LogP contribution in [0, 0.1) is 11.6 Å². The normalized spacial score (nSPS) is 22.9. The molecule has 0 saturated heterocycles. The minimum Gasteiger partial charge on any atom is -0.286 e. The standard InChI is InChI=1S/C30H35F4N/c1-20-15-24-23-11-7-6-10-22(23)18-25(24)29(35(20)19-30(34)12-13-30)28-26(32)16-21(17-27(28)33)9-5-3-2-4-8-14-31/h6-7,10-11,16-17,20,29H,2-5,8-9,12-15,18-19H2,1H3/t20-,29+/m1/s1. The van der Waals surface area contributed by atoms with Gasteiger partial charge in [0.1, 0.15) is 17.3 Å². The number of aryl methyl sites for hydroxylation is 1. The van der Waals surface area contributed by atoms with Gasteiger partial charge in [0.15, 0.2) is 0 Å². The number of alkyl halides is 2. The Hall–Kier alpha value is -2.14. The second-order valence-corrected chi connectivity index (χ2v) is 10.8. The minimum absolute atomic E-state index is 0.0130. The smallest absolute Gasteiger partial charge is 0.131 e. The molecule has 2 atom stereocenters. The van der Waals surface area contributed by atoms with Gasteiger partial charge in [-0.3, -0.25) is 9.29 Å². The van der Waals surface area contributed by atoms with Crippen molar-refractivity contribution in [2.45, 2.75) is 88.9 Å². The Morgan fingerprint density at radius 3 is 2.37 bits per heavy atom. The van der Waals surface area contributed by atoms with E-state index in [1.807, 2.05) is 17.0 Å². The molecule has 1 aliphatic heterocycles. The molecule has 1 saturated carbocycles. The summed E-state index contributed by atoms with van der Waals surface area (Å²) < 4.78 is 58.6. The number of hydrogen-bond acceptors (Lipinski definition) is 1. The highest BCUT2D eigenvalue weighted by Crippen LogP contribution is 2.52. The average Bonchev–Trinajstić information content (AvgIpc) is 3.44. The van der Waals surface area contributed by atoms with Crippen molar-refractivity contribution in [2.24, 2.45) is 0 Å². The molecule has 0 bridgehead atoms. The largest absolute Gasteiger partial charge is 0.286 e. The van der Waals surface area contributed by atoms with Gasteiger partial charge in [-0.05, 0) is 91.8 Å². The summed E-state index contributed by atoms with van der Waals surface area (Å²) in [6.45, 7) is 1.98. The van der Waals surface area contributed by atoms with Crippen LogP contribution in [0.4, 0.5) is 17.6 Å². The van der Waals surface area contributed by atoms with E-state index in [1.165, 1.54) is 28.8 Å². The molecule has 0 unspecified atom stereocenters. The van der Waals surface area contributed by atoms with Crippen LogP contribution in [0.5, 0.6) is 0 Å². The molecule has 0 radical (unpaired) electrons. The fourth-order valence-corrected chi connectivity index (χ4v) is 6.03. The van der Waals surface area contributed by atoms with Crippen LogP contribution in [0.2, 0.25) is 0 Å². The third kappa shape index (κ3) is 5.07. The van der Waals surface area contributed by atoms with Crippen LogP contribution in [0.3, 0.4) is 0 Å². The van der Waals surface area contributed by atoms with Crippen molar-refractivity contribution in [3.63, 3.8) is 0 Å². The predicted molar refractivity (Wildman–Crippen MR) is 133 cm³/mol. The Morgan fingerprint density at radius 1 is 0.971 bits per heavy atom. The molecule has 1 nitrogen and oxygen atoms in total. The van der Waals surface area contributed by atoms with Crippen molar-refractivity contribution in [1.82, 2.24) is 4.90 Å². The molecule has 5 heteroatoms. The maximum atomic E-state index is 15.7. The van der Waals surface area contributed by atoms with Crippen molar-refractivity contribution in [3.05, 3.63) is 75.9 Å². The summed E-state index contributed by atoms with van der Waals surface area (Å²) in [6.07, 6.45) is 7.17. The van der Waals surface area contributed by atoms with Crippen molar-refractivity contribution in [1.29, 1.82) is 0 Å². The topological polar surface area (TPSA) is 3.24 Å². The molecule has 0 aromatic heterocycles. The lowest BCUT2D eigenvalue weighted by molar-refractivity contribution is 0.0979. The molecule has 2 aromatic carbocycles. The van der Waals surface area contributed by atoms with E-state index < -0.39 is 23.3 Å². The molecule has 0 spiro atoms. The molecule has 0 amide bonds. The van der Waals surface area contributed by atoms with Gasteiger partial charge in [-0.2, -0.15) is 0 Å². The summed E-state index contributed by atoms with van der Waals surface area (Å²) in [6, 6.07) is 10.5. The highest BCUT2D eigenvalue weighted by molar-refractivity contribution is 5.79. The molecular weight excluding hydrogens is 450 g/mol. The molecule has 3 aliphatic rings. The average molecular weight is 486 g/mol. The van der Waals surface area contributed by atoms with Crippen LogP contribution in [-0.4, -0.2) is 29.8 Å². The first-order chi connectivity index (χ1) is 16.9. The number of hydrogen-bond donors (Lipinski definition) is 0. The highest BCUT2D eigenvalue weighted by Gasteiger charge is 2.49. The van der Waals surface area contributed by atoms with Crippen molar-refractivity contribution >= 4 is 5.57 Å². The number of fused-ring (bicyclic) bond motifs is 2. The van der Waals surface area contributed by atoms with Crippen LogP contribution >= 0.6 is 0 Å². The van der Waals surface area contributed by atoms with E-state index in [4.69, 9.17) is 0 Å². The van der Waals surface area contributed by atoms with E-state index in [0.29, 0.717) is 37.7 Å². The first kappa shape index (κ1) is 24.5. The fraction of sp³-hybridized carbons (Fsp3) is 0.533. The summed E-state index contributed by atoms with van der Waals surface area (Å²) in [4.78, 5) is 2.02. The quantitative estimate of drug-likeness (QED) is 0.243. The molecule has 35 heavy (non-hydrogen) atoms. The van der Waals surface area contributed by atoms with E-state index in [2.05, 4.69) is 19.1 Å². The van der Waals surface area contributed by atoms with Crippen LogP contribution in [0.25, 0.3) is 5.57 Å². The van der Waals surface area contributed by atoms with E-state index >= 15 is 13.2 Å². The van der Waals surface area contributed by atoms with Gasteiger partial charge in [-0.1, -0.05) is 43.5 Å². The van der Waals surface area contributed by atoms with Gasteiger partial charge in [0.05, 0.1) is 12.7 Å². The summed E-state index contributed by atoms with van der Waals surface area (Å²) in [5.41, 5.74) is 4.02. The zero-order chi connectivity index (χ0) is 24.6. The van der Waals surface area contributed by atoms with Gasteiger partial charge < -0.3 is 0 Å². The Bertz CT molecular complexity index is 1080. The Balaban J connectivity index is 1.45. The second-order valence-electron chi connectivity index (χ2n) is 10.8. The molecule has 2 aliphatic carbocycles. The van der Waals surface area contributed by atoms with E-state index in [9.17, 15) is 4.39 Å². The maximum absolute atomic E-state index is 15.7. The monoisotopic (exact) mass is 485 g/mol. The minimum atomic E-state index is -1.24. The van der Waals surface area contributed by atoms with Crippen molar-refractivity contribution in [3.8, 4) is 0 Å². The summed E-state index contributed by atoms with van der Waals surface area (Å²) in [5, 5.41) is 0. The second kappa shape index (κ2) is 10.1. The van der Waals surface area contributed by atoms with Crippen LogP contribution in [0.15, 0.2) is 42.0 Å². The molecule has 188 valence electrons. The van der Waals surface area contributed by atoms with Crippen LogP contribution in [-0.2, 0) is 12.8 Å². The molecule has 0 N–H and O–H groups in total. The maximum Gasteiger partial charge on any atom is 0.131 e. The molecule has 2 aromatic rings.